The minimum absolute atomic E-state index is 0.107. The molecule has 20 heavy (non-hydrogen) atoms. The molecular formula is C13H27N3O3S. The monoisotopic (exact) mass is 305 g/mol. The minimum Gasteiger partial charge on any atom is -0.396 e. The summed E-state index contributed by atoms with van der Waals surface area (Å²) < 4.78 is 26.6. The fourth-order valence-electron chi connectivity index (χ4n) is 3.09. The van der Waals surface area contributed by atoms with Gasteiger partial charge in [-0.2, -0.15) is 4.31 Å². The number of rotatable bonds is 7. The van der Waals surface area contributed by atoms with Gasteiger partial charge < -0.3 is 10.4 Å². The van der Waals surface area contributed by atoms with Gasteiger partial charge in [-0.1, -0.05) is 0 Å². The Morgan fingerprint density at radius 1 is 1.20 bits per heavy atom. The molecule has 2 N–H and O–H groups in total. The number of piperazine rings is 1. The average Bonchev–Trinajstić information content (AvgIpc) is 2.93. The van der Waals surface area contributed by atoms with Crippen molar-refractivity contribution in [3.05, 3.63) is 0 Å². The van der Waals surface area contributed by atoms with Crippen LogP contribution in [0.2, 0.25) is 0 Å². The van der Waals surface area contributed by atoms with Crippen molar-refractivity contribution in [2.24, 2.45) is 0 Å². The lowest BCUT2D eigenvalue weighted by molar-refractivity contribution is 0.249. The molecule has 2 heterocycles. The molecule has 1 atom stereocenters. The molecule has 2 aliphatic heterocycles. The van der Waals surface area contributed by atoms with E-state index in [1.807, 2.05) is 0 Å². The quantitative estimate of drug-likeness (QED) is 0.661. The summed E-state index contributed by atoms with van der Waals surface area (Å²) in [5.74, 6) is 0.225. The van der Waals surface area contributed by atoms with E-state index < -0.39 is 10.0 Å². The molecule has 118 valence electrons. The Hall–Kier alpha value is -0.210. The maximum absolute atomic E-state index is 12.5. The summed E-state index contributed by atoms with van der Waals surface area (Å²) in [5, 5.41) is 12.2. The second-order valence-electron chi connectivity index (χ2n) is 5.68. The number of aliphatic hydroxyl groups excluding tert-OH is 1. The number of hydrogen-bond acceptors (Lipinski definition) is 5. The van der Waals surface area contributed by atoms with Gasteiger partial charge in [0.05, 0.1) is 5.75 Å². The van der Waals surface area contributed by atoms with E-state index in [0.29, 0.717) is 19.5 Å². The topological polar surface area (TPSA) is 72.9 Å². The van der Waals surface area contributed by atoms with Gasteiger partial charge in [0.1, 0.15) is 0 Å². The SMILES string of the molecule is O=S(=O)(CCN1CCNCC1)N1CCCC1CCCO. The van der Waals surface area contributed by atoms with E-state index in [1.54, 1.807) is 4.31 Å². The second-order valence-corrected chi connectivity index (χ2v) is 7.72. The van der Waals surface area contributed by atoms with Crippen molar-refractivity contribution < 1.29 is 13.5 Å². The Labute approximate surface area is 122 Å². The van der Waals surface area contributed by atoms with Gasteiger partial charge in [-0.05, 0) is 25.7 Å². The summed E-state index contributed by atoms with van der Waals surface area (Å²) in [4.78, 5) is 2.22. The predicted octanol–water partition coefficient (Wildman–Crippen LogP) is -0.542. The van der Waals surface area contributed by atoms with Crippen LogP contribution >= 0.6 is 0 Å². The van der Waals surface area contributed by atoms with Gasteiger partial charge in [-0.15, -0.1) is 0 Å². The Morgan fingerprint density at radius 3 is 2.65 bits per heavy atom. The normalized spacial score (nSPS) is 26.1. The van der Waals surface area contributed by atoms with Crippen molar-refractivity contribution in [3.8, 4) is 0 Å². The second kappa shape index (κ2) is 7.70. The largest absolute Gasteiger partial charge is 0.396 e. The van der Waals surface area contributed by atoms with Gasteiger partial charge in [-0.3, -0.25) is 4.90 Å². The lowest BCUT2D eigenvalue weighted by atomic mass is 10.1. The Balaban J connectivity index is 1.84. The third kappa shape index (κ3) is 4.39. The number of aliphatic hydroxyl groups is 1. The highest BCUT2D eigenvalue weighted by Crippen LogP contribution is 2.24. The van der Waals surface area contributed by atoms with Crippen molar-refractivity contribution in [2.75, 3.05) is 51.6 Å². The smallest absolute Gasteiger partial charge is 0.215 e. The number of nitrogens with one attached hydrogen (secondary N) is 1. The Kier molecular flexibility index (Phi) is 6.22. The summed E-state index contributed by atoms with van der Waals surface area (Å²) in [5.41, 5.74) is 0. The first-order chi connectivity index (χ1) is 9.63. The lowest BCUT2D eigenvalue weighted by Crippen LogP contribution is -2.46. The van der Waals surface area contributed by atoms with Crippen LogP contribution in [0.4, 0.5) is 0 Å². The maximum Gasteiger partial charge on any atom is 0.215 e. The molecular weight excluding hydrogens is 278 g/mol. The van der Waals surface area contributed by atoms with E-state index >= 15 is 0 Å². The van der Waals surface area contributed by atoms with Gasteiger partial charge >= 0.3 is 0 Å². The molecule has 0 amide bonds. The molecule has 0 aromatic heterocycles. The highest BCUT2D eigenvalue weighted by molar-refractivity contribution is 7.89. The molecule has 2 saturated heterocycles. The maximum atomic E-state index is 12.5. The number of sulfonamides is 1. The first kappa shape index (κ1) is 16.2. The van der Waals surface area contributed by atoms with Crippen LogP contribution in [-0.2, 0) is 10.0 Å². The van der Waals surface area contributed by atoms with E-state index in [4.69, 9.17) is 5.11 Å². The van der Waals surface area contributed by atoms with Crippen LogP contribution < -0.4 is 5.32 Å². The lowest BCUT2D eigenvalue weighted by Gasteiger charge is -2.29. The van der Waals surface area contributed by atoms with Crippen LogP contribution in [0.25, 0.3) is 0 Å². The van der Waals surface area contributed by atoms with Crippen LogP contribution in [0.3, 0.4) is 0 Å². The van der Waals surface area contributed by atoms with Crippen molar-refractivity contribution in [2.45, 2.75) is 31.7 Å². The average molecular weight is 305 g/mol. The van der Waals surface area contributed by atoms with Gasteiger partial charge in [0.25, 0.3) is 0 Å². The predicted molar refractivity (Wildman–Crippen MR) is 79.1 cm³/mol. The van der Waals surface area contributed by atoms with Crippen LogP contribution in [0.5, 0.6) is 0 Å². The molecule has 2 rings (SSSR count). The molecule has 6 nitrogen and oxygen atoms in total. The van der Waals surface area contributed by atoms with E-state index in [-0.39, 0.29) is 18.4 Å². The highest BCUT2D eigenvalue weighted by atomic mass is 32.2. The van der Waals surface area contributed by atoms with Gasteiger partial charge in [-0.25, -0.2) is 8.42 Å². The fourth-order valence-corrected chi connectivity index (χ4v) is 4.88. The molecule has 0 aromatic rings. The van der Waals surface area contributed by atoms with E-state index in [0.717, 1.165) is 45.4 Å². The zero-order valence-corrected chi connectivity index (χ0v) is 12.9. The Bertz CT molecular complexity index is 382. The zero-order chi connectivity index (χ0) is 14.4. The summed E-state index contributed by atoms with van der Waals surface area (Å²) in [6, 6.07) is 0.107. The van der Waals surface area contributed by atoms with Gasteiger partial charge in [0.2, 0.25) is 10.0 Å². The molecule has 0 spiro atoms. The third-order valence-corrected chi connectivity index (χ3v) is 6.14. The molecule has 0 aromatic carbocycles. The first-order valence-corrected chi connectivity index (χ1v) is 9.28. The van der Waals surface area contributed by atoms with Crippen molar-refractivity contribution in [1.29, 1.82) is 0 Å². The number of hydrogen-bond donors (Lipinski definition) is 2. The third-order valence-electron chi connectivity index (χ3n) is 4.25. The Morgan fingerprint density at radius 2 is 1.95 bits per heavy atom. The summed E-state index contributed by atoms with van der Waals surface area (Å²) in [7, 11) is -3.15. The fraction of sp³-hybridized carbons (Fsp3) is 1.00. The van der Waals surface area contributed by atoms with Crippen LogP contribution in [0.1, 0.15) is 25.7 Å². The summed E-state index contributed by atoms with van der Waals surface area (Å²) in [6.45, 7) is 5.19. The van der Waals surface area contributed by atoms with Crippen LogP contribution in [0, 0.1) is 0 Å². The molecule has 1 unspecified atom stereocenters. The molecule has 2 fully saturated rings. The van der Waals surface area contributed by atoms with E-state index in [1.165, 1.54) is 0 Å². The molecule has 2 aliphatic rings. The summed E-state index contributed by atoms with van der Waals surface area (Å²) >= 11 is 0. The van der Waals surface area contributed by atoms with Crippen molar-refractivity contribution in [3.63, 3.8) is 0 Å². The van der Waals surface area contributed by atoms with Crippen molar-refractivity contribution >= 4 is 10.0 Å². The van der Waals surface area contributed by atoms with Crippen LogP contribution in [0.15, 0.2) is 0 Å². The molecule has 0 bridgehead atoms. The van der Waals surface area contributed by atoms with E-state index in [9.17, 15) is 8.42 Å². The molecule has 0 saturated carbocycles. The zero-order valence-electron chi connectivity index (χ0n) is 12.1. The molecule has 0 aliphatic carbocycles. The standard InChI is InChI=1S/C13H27N3O3S/c17-11-2-4-13-3-1-7-16(13)20(18,19)12-10-15-8-5-14-6-9-15/h13-14,17H,1-12H2. The van der Waals surface area contributed by atoms with Crippen molar-refractivity contribution in [1.82, 2.24) is 14.5 Å². The van der Waals surface area contributed by atoms with Crippen LogP contribution in [-0.4, -0.2) is 80.4 Å². The van der Waals surface area contributed by atoms with Gasteiger partial charge in [0.15, 0.2) is 0 Å². The van der Waals surface area contributed by atoms with E-state index in [2.05, 4.69) is 10.2 Å². The summed E-state index contributed by atoms with van der Waals surface area (Å²) in [6.07, 6.45) is 3.35. The minimum atomic E-state index is -3.15. The first-order valence-electron chi connectivity index (χ1n) is 7.67. The molecule has 0 radical (unpaired) electrons. The van der Waals surface area contributed by atoms with Gasteiger partial charge in [0, 0.05) is 51.9 Å². The highest BCUT2D eigenvalue weighted by Gasteiger charge is 2.33. The number of nitrogens with zero attached hydrogens (tertiary/aromatic N) is 2. The molecule has 7 heteroatoms.